The second kappa shape index (κ2) is 7.94. The number of hydrogen-bond donors (Lipinski definition) is 1. The first-order valence-corrected chi connectivity index (χ1v) is 6.76. The molecule has 0 radical (unpaired) electrons. The Morgan fingerprint density at radius 1 is 1.19 bits per heavy atom. The van der Waals surface area contributed by atoms with Gasteiger partial charge in [0.05, 0.1) is 0 Å². The van der Waals surface area contributed by atoms with Crippen molar-refractivity contribution in [2.75, 3.05) is 0 Å². The third-order valence-corrected chi connectivity index (χ3v) is 2.76. The Labute approximate surface area is 105 Å². The molecule has 1 atom stereocenters. The quantitative estimate of drug-likeness (QED) is 0.537. The third-order valence-electron chi connectivity index (χ3n) is 2.34. The summed E-state index contributed by atoms with van der Waals surface area (Å²) < 4.78 is 0. The highest BCUT2D eigenvalue weighted by molar-refractivity contribution is 6.30. The molecule has 0 spiro atoms. The van der Waals surface area contributed by atoms with Crippen molar-refractivity contribution >= 4 is 17.5 Å². The third kappa shape index (κ3) is 9.02. The Morgan fingerprint density at radius 2 is 1.75 bits per heavy atom. The highest BCUT2D eigenvalue weighted by Crippen LogP contribution is 2.12. The van der Waals surface area contributed by atoms with Crippen LogP contribution >= 0.6 is 11.6 Å². The van der Waals surface area contributed by atoms with Gasteiger partial charge in [-0.15, -0.1) is 11.6 Å². The van der Waals surface area contributed by atoms with E-state index in [1.54, 1.807) is 0 Å². The lowest BCUT2D eigenvalue weighted by molar-refractivity contribution is -0.122. The van der Waals surface area contributed by atoms with Gasteiger partial charge in [-0.1, -0.05) is 39.0 Å². The van der Waals surface area contributed by atoms with E-state index in [-0.39, 0.29) is 16.8 Å². The molecule has 0 aliphatic rings. The molecule has 0 heterocycles. The van der Waals surface area contributed by atoms with Crippen molar-refractivity contribution in [1.29, 1.82) is 0 Å². The van der Waals surface area contributed by atoms with Crippen LogP contribution in [0.2, 0.25) is 0 Å². The normalized spacial score (nSPS) is 13.6. The lowest BCUT2D eigenvalue weighted by Crippen LogP contribution is -2.44. The van der Waals surface area contributed by atoms with Crippen LogP contribution in [0.1, 0.15) is 66.2 Å². The van der Waals surface area contributed by atoms with E-state index in [9.17, 15) is 4.79 Å². The van der Waals surface area contributed by atoms with Crippen molar-refractivity contribution in [2.45, 2.75) is 77.1 Å². The fourth-order valence-corrected chi connectivity index (χ4v) is 1.71. The van der Waals surface area contributed by atoms with Crippen LogP contribution in [0.25, 0.3) is 0 Å². The molecule has 0 aromatic carbocycles. The Bertz CT molecular complexity index is 199. The molecule has 0 saturated carbocycles. The fraction of sp³-hybridized carbons (Fsp3) is 0.923. The summed E-state index contributed by atoms with van der Waals surface area (Å²) in [6, 6.07) is 0. The SMILES string of the molecule is CCCCCCCC(Cl)C(=O)NC(C)(C)C. The maximum atomic E-state index is 11.6. The standard InChI is InChI=1S/C13H26ClNO/c1-5-6-7-8-9-10-11(14)12(16)15-13(2,3)4/h11H,5-10H2,1-4H3,(H,15,16). The van der Waals surface area contributed by atoms with Crippen LogP contribution in [0.5, 0.6) is 0 Å². The van der Waals surface area contributed by atoms with Gasteiger partial charge in [-0.3, -0.25) is 4.79 Å². The first-order chi connectivity index (χ1) is 7.37. The zero-order valence-electron chi connectivity index (χ0n) is 11.1. The van der Waals surface area contributed by atoms with Gasteiger partial charge >= 0.3 is 0 Å². The van der Waals surface area contributed by atoms with Gasteiger partial charge in [0.2, 0.25) is 5.91 Å². The van der Waals surface area contributed by atoms with E-state index in [1.807, 2.05) is 20.8 Å². The number of rotatable bonds is 7. The monoisotopic (exact) mass is 247 g/mol. The van der Waals surface area contributed by atoms with Crippen molar-refractivity contribution in [2.24, 2.45) is 0 Å². The van der Waals surface area contributed by atoms with Crippen molar-refractivity contribution in [3.8, 4) is 0 Å². The molecule has 3 heteroatoms. The molecule has 0 aromatic heterocycles. The zero-order valence-corrected chi connectivity index (χ0v) is 11.9. The summed E-state index contributed by atoms with van der Waals surface area (Å²) in [5.41, 5.74) is -0.188. The van der Waals surface area contributed by atoms with E-state index in [0.29, 0.717) is 0 Å². The lowest BCUT2D eigenvalue weighted by atomic mass is 10.1. The van der Waals surface area contributed by atoms with E-state index < -0.39 is 0 Å². The number of halogens is 1. The summed E-state index contributed by atoms with van der Waals surface area (Å²) in [5, 5.41) is 2.53. The minimum atomic E-state index is -0.374. The van der Waals surface area contributed by atoms with Gasteiger partial charge in [-0.05, 0) is 27.2 Å². The van der Waals surface area contributed by atoms with Gasteiger partial charge in [-0.2, -0.15) is 0 Å². The molecule has 16 heavy (non-hydrogen) atoms. The van der Waals surface area contributed by atoms with Crippen molar-refractivity contribution < 1.29 is 4.79 Å². The van der Waals surface area contributed by atoms with E-state index >= 15 is 0 Å². The van der Waals surface area contributed by atoms with Crippen LogP contribution in [-0.2, 0) is 4.79 Å². The van der Waals surface area contributed by atoms with Crippen LogP contribution in [-0.4, -0.2) is 16.8 Å². The summed E-state index contributed by atoms with van der Waals surface area (Å²) in [7, 11) is 0. The van der Waals surface area contributed by atoms with Crippen LogP contribution in [0, 0.1) is 0 Å². The summed E-state index contributed by atoms with van der Waals surface area (Å²) in [6.45, 7) is 8.10. The molecule has 0 aromatic rings. The highest BCUT2D eigenvalue weighted by atomic mass is 35.5. The van der Waals surface area contributed by atoms with Gasteiger partial charge in [0.15, 0.2) is 0 Å². The summed E-state index contributed by atoms with van der Waals surface area (Å²) >= 11 is 6.04. The second-order valence-corrected chi connectivity index (χ2v) is 5.94. The molecule has 1 N–H and O–H groups in total. The molecule has 96 valence electrons. The van der Waals surface area contributed by atoms with E-state index in [1.165, 1.54) is 25.7 Å². The second-order valence-electron chi connectivity index (χ2n) is 5.41. The van der Waals surface area contributed by atoms with Gasteiger partial charge in [0, 0.05) is 5.54 Å². The minimum absolute atomic E-state index is 0.0374. The Hall–Kier alpha value is -0.240. The van der Waals surface area contributed by atoms with E-state index in [0.717, 1.165) is 12.8 Å². The van der Waals surface area contributed by atoms with E-state index in [2.05, 4.69) is 12.2 Å². The number of hydrogen-bond acceptors (Lipinski definition) is 1. The first kappa shape index (κ1) is 15.8. The molecule has 0 fully saturated rings. The molecule has 0 bridgehead atoms. The van der Waals surface area contributed by atoms with Crippen molar-refractivity contribution in [3.63, 3.8) is 0 Å². The predicted octanol–water partition coefficient (Wildman–Crippen LogP) is 3.87. The van der Waals surface area contributed by atoms with Gasteiger partial charge in [-0.25, -0.2) is 0 Å². The van der Waals surface area contributed by atoms with Crippen molar-refractivity contribution in [1.82, 2.24) is 5.32 Å². The first-order valence-electron chi connectivity index (χ1n) is 6.33. The number of carbonyl (C=O) groups excluding carboxylic acids is 1. The van der Waals surface area contributed by atoms with Crippen LogP contribution in [0.3, 0.4) is 0 Å². The van der Waals surface area contributed by atoms with Gasteiger partial charge < -0.3 is 5.32 Å². The lowest BCUT2D eigenvalue weighted by Gasteiger charge is -2.22. The number of nitrogens with one attached hydrogen (secondary N) is 1. The number of unbranched alkanes of at least 4 members (excludes halogenated alkanes) is 4. The number of alkyl halides is 1. The molecule has 2 nitrogen and oxygen atoms in total. The Kier molecular flexibility index (Phi) is 7.82. The van der Waals surface area contributed by atoms with Gasteiger partial charge in [0.25, 0.3) is 0 Å². The smallest absolute Gasteiger partial charge is 0.238 e. The molecule has 0 aliphatic carbocycles. The molecule has 1 unspecified atom stereocenters. The molecule has 0 rings (SSSR count). The highest BCUT2D eigenvalue weighted by Gasteiger charge is 2.20. The average Bonchev–Trinajstić information content (AvgIpc) is 2.14. The maximum absolute atomic E-state index is 11.6. The van der Waals surface area contributed by atoms with Gasteiger partial charge in [0.1, 0.15) is 5.38 Å². The summed E-state index contributed by atoms with van der Waals surface area (Å²) in [4.78, 5) is 11.6. The van der Waals surface area contributed by atoms with Crippen LogP contribution in [0.4, 0.5) is 0 Å². The van der Waals surface area contributed by atoms with Crippen LogP contribution in [0.15, 0.2) is 0 Å². The minimum Gasteiger partial charge on any atom is -0.350 e. The molecule has 0 saturated heterocycles. The fourth-order valence-electron chi connectivity index (χ4n) is 1.51. The zero-order chi connectivity index (χ0) is 12.6. The molecular weight excluding hydrogens is 222 g/mol. The van der Waals surface area contributed by atoms with Crippen LogP contribution < -0.4 is 5.32 Å². The predicted molar refractivity (Wildman–Crippen MR) is 70.9 cm³/mol. The van der Waals surface area contributed by atoms with Crippen molar-refractivity contribution in [3.05, 3.63) is 0 Å². The molecule has 1 amide bonds. The Balaban J connectivity index is 3.64. The van der Waals surface area contributed by atoms with E-state index in [4.69, 9.17) is 11.6 Å². The summed E-state index contributed by atoms with van der Waals surface area (Å²) in [5.74, 6) is -0.0374. The number of amides is 1. The largest absolute Gasteiger partial charge is 0.350 e. The topological polar surface area (TPSA) is 29.1 Å². The summed E-state index contributed by atoms with van der Waals surface area (Å²) in [6.07, 6.45) is 6.79. The Morgan fingerprint density at radius 3 is 2.25 bits per heavy atom. The molecular formula is C13H26ClNO. The maximum Gasteiger partial charge on any atom is 0.238 e. The number of carbonyl (C=O) groups is 1. The average molecular weight is 248 g/mol. The molecule has 0 aliphatic heterocycles.